The molecule has 1 nitrogen and oxygen atoms in total. The quantitative estimate of drug-likeness (QED) is 0.720. The first-order valence-electron chi connectivity index (χ1n) is 6.19. The summed E-state index contributed by atoms with van der Waals surface area (Å²) < 4.78 is 37.3. The van der Waals surface area contributed by atoms with E-state index in [1.165, 1.54) is 12.1 Å². The summed E-state index contributed by atoms with van der Waals surface area (Å²) in [4.78, 5) is 4.39. The first-order chi connectivity index (χ1) is 9.47. The molecule has 2 aromatic rings. The average molecular weight is 277 g/mol. The van der Waals surface area contributed by atoms with Crippen LogP contribution in [0.4, 0.5) is 13.2 Å². The van der Waals surface area contributed by atoms with Gasteiger partial charge < -0.3 is 0 Å². The minimum absolute atomic E-state index is 0.374. The molecule has 0 radical (unpaired) electrons. The Kier molecular flexibility index (Phi) is 4.23. The zero-order chi connectivity index (χ0) is 14.6. The van der Waals surface area contributed by atoms with E-state index in [1.807, 2.05) is 37.3 Å². The summed E-state index contributed by atoms with van der Waals surface area (Å²) >= 11 is 0. The van der Waals surface area contributed by atoms with Gasteiger partial charge in [-0.2, -0.15) is 13.2 Å². The van der Waals surface area contributed by atoms with Crippen LogP contribution in [-0.2, 0) is 12.7 Å². The number of rotatable bonds is 3. The summed E-state index contributed by atoms with van der Waals surface area (Å²) in [5.41, 5.74) is 2.00. The molecule has 0 saturated heterocycles. The highest BCUT2D eigenvalue weighted by atomic mass is 19.4. The monoisotopic (exact) mass is 277 g/mol. The highest BCUT2D eigenvalue weighted by Crippen LogP contribution is 2.29. The van der Waals surface area contributed by atoms with Crippen LogP contribution in [0.2, 0.25) is 0 Å². The molecule has 2 rings (SSSR count). The van der Waals surface area contributed by atoms with Crippen LogP contribution in [0.15, 0.2) is 59.6 Å². The molecule has 0 atom stereocenters. The van der Waals surface area contributed by atoms with Gasteiger partial charge in [0.25, 0.3) is 0 Å². The van der Waals surface area contributed by atoms with Crippen LogP contribution in [-0.4, -0.2) is 5.71 Å². The van der Waals surface area contributed by atoms with Gasteiger partial charge in [-0.1, -0.05) is 42.5 Å². The third kappa shape index (κ3) is 3.70. The van der Waals surface area contributed by atoms with Gasteiger partial charge in [-0.15, -0.1) is 0 Å². The van der Waals surface area contributed by atoms with Gasteiger partial charge in [-0.3, -0.25) is 4.99 Å². The predicted molar refractivity (Wildman–Crippen MR) is 73.8 cm³/mol. The molecule has 0 N–H and O–H groups in total. The molecule has 0 saturated carbocycles. The van der Waals surface area contributed by atoms with Crippen LogP contribution in [0.3, 0.4) is 0 Å². The maximum Gasteiger partial charge on any atom is 0.416 e. The van der Waals surface area contributed by atoms with Crippen molar-refractivity contribution in [1.82, 2.24) is 0 Å². The Bertz CT molecular complexity index is 583. The van der Waals surface area contributed by atoms with E-state index in [0.29, 0.717) is 6.54 Å². The van der Waals surface area contributed by atoms with E-state index < -0.39 is 11.7 Å². The SMILES string of the molecule is CC(=NCc1ccc(C(F)(F)F)cc1)c1ccccc1. The molecule has 0 aliphatic heterocycles. The van der Waals surface area contributed by atoms with Crippen LogP contribution >= 0.6 is 0 Å². The van der Waals surface area contributed by atoms with Crippen molar-refractivity contribution >= 4 is 5.71 Å². The van der Waals surface area contributed by atoms with Crippen molar-refractivity contribution in [2.75, 3.05) is 0 Å². The summed E-state index contributed by atoms with van der Waals surface area (Å²) in [6.45, 7) is 2.26. The number of halogens is 3. The van der Waals surface area contributed by atoms with E-state index >= 15 is 0 Å². The molecule has 0 unspecified atom stereocenters. The van der Waals surface area contributed by atoms with Gasteiger partial charge in [0.1, 0.15) is 0 Å². The third-order valence-electron chi connectivity index (χ3n) is 2.97. The number of alkyl halides is 3. The van der Waals surface area contributed by atoms with Gasteiger partial charge in [0, 0.05) is 5.71 Å². The van der Waals surface area contributed by atoms with Gasteiger partial charge in [0.2, 0.25) is 0 Å². The molecule has 2 aromatic carbocycles. The molecular weight excluding hydrogens is 263 g/mol. The number of hydrogen-bond donors (Lipinski definition) is 0. The lowest BCUT2D eigenvalue weighted by molar-refractivity contribution is -0.137. The molecule has 0 fully saturated rings. The van der Waals surface area contributed by atoms with Crippen molar-refractivity contribution in [3.63, 3.8) is 0 Å². The second kappa shape index (κ2) is 5.90. The second-order valence-electron chi connectivity index (χ2n) is 4.46. The summed E-state index contributed by atoms with van der Waals surface area (Å²) in [6.07, 6.45) is -4.29. The fourth-order valence-corrected chi connectivity index (χ4v) is 1.78. The van der Waals surface area contributed by atoms with Crippen molar-refractivity contribution < 1.29 is 13.2 Å². The number of hydrogen-bond acceptors (Lipinski definition) is 1. The van der Waals surface area contributed by atoms with Crippen molar-refractivity contribution in [2.24, 2.45) is 4.99 Å². The molecule has 0 bridgehead atoms. The molecule has 0 spiro atoms. The third-order valence-corrected chi connectivity index (χ3v) is 2.97. The smallest absolute Gasteiger partial charge is 0.285 e. The molecule has 0 aliphatic rings. The van der Waals surface area contributed by atoms with Crippen molar-refractivity contribution in [2.45, 2.75) is 19.6 Å². The van der Waals surface area contributed by atoms with E-state index in [9.17, 15) is 13.2 Å². The lowest BCUT2D eigenvalue weighted by atomic mass is 10.1. The molecule has 0 aromatic heterocycles. The first kappa shape index (κ1) is 14.3. The van der Waals surface area contributed by atoms with Crippen molar-refractivity contribution in [3.8, 4) is 0 Å². The van der Waals surface area contributed by atoms with E-state index in [2.05, 4.69) is 4.99 Å². The fourth-order valence-electron chi connectivity index (χ4n) is 1.78. The standard InChI is InChI=1S/C16H14F3N/c1-12(14-5-3-2-4-6-14)20-11-13-7-9-15(10-8-13)16(17,18)19/h2-10H,11H2,1H3. The molecule has 0 amide bonds. The summed E-state index contributed by atoms with van der Waals surface area (Å²) in [7, 11) is 0. The lowest BCUT2D eigenvalue weighted by Crippen LogP contribution is -2.04. The molecular formula is C16H14F3N. The van der Waals surface area contributed by atoms with Gasteiger partial charge in [-0.25, -0.2) is 0 Å². The van der Waals surface area contributed by atoms with Gasteiger partial charge in [0.15, 0.2) is 0 Å². The Balaban J connectivity index is 2.08. The summed E-state index contributed by atoms with van der Waals surface area (Å²) in [6, 6.07) is 14.8. The summed E-state index contributed by atoms with van der Waals surface area (Å²) in [5, 5.41) is 0. The van der Waals surface area contributed by atoms with Crippen LogP contribution in [0, 0.1) is 0 Å². The molecule has 0 aliphatic carbocycles. The van der Waals surface area contributed by atoms with Gasteiger partial charge >= 0.3 is 6.18 Å². The first-order valence-corrected chi connectivity index (χ1v) is 6.19. The fraction of sp³-hybridized carbons (Fsp3) is 0.188. The average Bonchev–Trinajstić information content (AvgIpc) is 2.45. The maximum absolute atomic E-state index is 12.4. The van der Waals surface area contributed by atoms with E-state index in [-0.39, 0.29) is 0 Å². The van der Waals surface area contributed by atoms with E-state index in [4.69, 9.17) is 0 Å². The van der Waals surface area contributed by atoms with Gasteiger partial charge in [0.05, 0.1) is 12.1 Å². The highest BCUT2D eigenvalue weighted by Gasteiger charge is 2.29. The highest BCUT2D eigenvalue weighted by molar-refractivity contribution is 5.98. The van der Waals surface area contributed by atoms with Crippen LogP contribution in [0.5, 0.6) is 0 Å². The van der Waals surface area contributed by atoms with Crippen molar-refractivity contribution in [3.05, 3.63) is 71.3 Å². The Morgan fingerprint density at radius 3 is 2.10 bits per heavy atom. The predicted octanol–water partition coefficient (Wildman–Crippen LogP) is 4.71. The Hall–Kier alpha value is -2.10. The van der Waals surface area contributed by atoms with E-state index in [1.54, 1.807) is 0 Å². The maximum atomic E-state index is 12.4. The molecule has 4 heteroatoms. The topological polar surface area (TPSA) is 12.4 Å². The Morgan fingerprint density at radius 2 is 1.55 bits per heavy atom. The van der Waals surface area contributed by atoms with Crippen LogP contribution < -0.4 is 0 Å². The molecule has 104 valence electrons. The van der Waals surface area contributed by atoms with Crippen LogP contribution in [0.1, 0.15) is 23.6 Å². The summed E-state index contributed by atoms with van der Waals surface area (Å²) in [5.74, 6) is 0. The Morgan fingerprint density at radius 1 is 0.950 bits per heavy atom. The largest absolute Gasteiger partial charge is 0.416 e. The second-order valence-corrected chi connectivity index (χ2v) is 4.46. The number of aliphatic imine (C=N–C) groups is 1. The zero-order valence-electron chi connectivity index (χ0n) is 11.0. The normalized spacial score (nSPS) is 12.5. The van der Waals surface area contributed by atoms with Crippen LogP contribution in [0.25, 0.3) is 0 Å². The Labute approximate surface area is 115 Å². The van der Waals surface area contributed by atoms with Crippen molar-refractivity contribution in [1.29, 1.82) is 0 Å². The number of nitrogens with zero attached hydrogens (tertiary/aromatic N) is 1. The zero-order valence-corrected chi connectivity index (χ0v) is 11.0. The molecule has 0 heterocycles. The number of benzene rings is 2. The lowest BCUT2D eigenvalue weighted by Gasteiger charge is -2.07. The minimum atomic E-state index is -4.29. The molecule has 20 heavy (non-hydrogen) atoms. The van der Waals surface area contributed by atoms with E-state index in [0.717, 1.165) is 29.0 Å². The minimum Gasteiger partial charge on any atom is -0.285 e. The van der Waals surface area contributed by atoms with Gasteiger partial charge in [-0.05, 0) is 30.2 Å².